The molecule has 104 valence electrons. The Morgan fingerprint density at radius 1 is 1.45 bits per heavy atom. The minimum atomic E-state index is -0.185. The van der Waals surface area contributed by atoms with Crippen LogP contribution in [-0.4, -0.2) is 23.6 Å². The highest BCUT2D eigenvalue weighted by molar-refractivity contribution is 7.12. The maximum atomic E-state index is 12.6. The zero-order valence-electron chi connectivity index (χ0n) is 11.5. The summed E-state index contributed by atoms with van der Waals surface area (Å²) < 4.78 is 5.73. The number of thiophene rings is 1. The van der Waals surface area contributed by atoms with E-state index in [4.69, 9.17) is 4.74 Å². The Bertz CT molecular complexity index is 659. The largest absolute Gasteiger partial charge is 0.487 e. The standard InChI is InChI=1S/C16H16O3S/c1-9-10(2)16-11(6-12(8-17)19-16)7-13(9)15(18)14-4-3-5-20-14/h3-5,7,12,17H,6,8H2,1-2H3. The monoisotopic (exact) mass is 288 g/mol. The van der Waals surface area contributed by atoms with Crippen molar-refractivity contribution in [3.8, 4) is 5.75 Å². The van der Waals surface area contributed by atoms with Gasteiger partial charge in [0.15, 0.2) is 0 Å². The Labute approximate surface area is 121 Å². The van der Waals surface area contributed by atoms with Gasteiger partial charge in [-0.05, 0) is 48.1 Å². The van der Waals surface area contributed by atoms with Crippen LogP contribution in [0.1, 0.15) is 31.9 Å². The molecule has 4 heteroatoms. The molecule has 1 aliphatic heterocycles. The van der Waals surface area contributed by atoms with E-state index in [9.17, 15) is 9.90 Å². The molecule has 0 bridgehead atoms. The van der Waals surface area contributed by atoms with Crippen LogP contribution >= 0.6 is 11.3 Å². The fourth-order valence-corrected chi connectivity index (χ4v) is 3.29. The van der Waals surface area contributed by atoms with Gasteiger partial charge < -0.3 is 9.84 Å². The highest BCUT2D eigenvalue weighted by atomic mass is 32.1. The van der Waals surface area contributed by atoms with Crippen molar-refractivity contribution >= 4 is 17.1 Å². The van der Waals surface area contributed by atoms with Crippen LogP contribution in [0.15, 0.2) is 23.6 Å². The maximum absolute atomic E-state index is 12.6. The van der Waals surface area contributed by atoms with E-state index in [1.165, 1.54) is 11.3 Å². The molecule has 0 saturated carbocycles. The van der Waals surface area contributed by atoms with Gasteiger partial charge in [0.05, 0.1) is 11.5 Å². The highest BCUT2D eigenvalue weighted by Gasteiger charge is 2.27. The van der Waals surface area contributed by atoms with E-state index < -0.39 is 0 Å². The molecule has 2 heterocycles. The molecule has 1 aromatic carbocycles. The topological polar surface area (TPSA) is 46.5 Å². The van der Waals surface area contributed by atoms with Crippen LogP contribution in [0.5, 0.6) is 5.75 Å². The quantitative estimate of drug-likeness (QED) is 0.883. The predicted molar refractivity (Wildman–Crippen MR) is 78.9 cm³/mol. The van der Waals surface area contributed by atoms with Crippen LogP contribution in [0.3, 0.4) is 0 Å². The zero-order chi connectivity index (χ0) is 14.3. The third-order valence-electron chi connectivity index (χ3n) is 3.84. The second kappa shape index (κ2) is 5.04. The SMILES string of the molecule is Cc1c(C(=O)c2cccs2)cc2c(c1C)OC(CO)C2. The van der Waals surface area contributed by atoms with Gasteiger partial charge in [0, 0.05) is 12.0 Å². The number of ether oxygens (including phenoxy) is 1. The van der Waals surface area contributed by atoms with Gasteiger partial charge in [-0.25, -0.2) is 0 Å². The summed E-state index contributed by atoms with van der Waals surface area (Å²) in [6.07, 6.45) is 0.479. The predicted octanol–water partition coefficient (Wildman–Crippen LogP) is 2.89. The van der Waals surface area contributed by atoms with Gasteiger partial charge in [-0.3, -0.25) is 4.79 Å². The van der Waals surface area contributed by atoms with Crippen molar-refractivity contribution in [3.63, 3.8) is 0 Å². The fraction of sp³-hybridized carbons (Fsp3) is 0.312. The van der Waals surface area contributed by atoms with Crippen LogP contribution in [0.4, 0.5) is 0 Å². The minimum Gasteiger partial charge on any atom is -0.487 e. The lowest BCUT2D eigenvalue weighted by Crippen LogP contribution is -2.17. The number of fused-ring (bicyclic) bond motifs is 1. The van der Waals surface area contributed by atoms with Crippen LogP contribution in [0, 0.1) is 13.8 Å². The number of aliphatic hydroxyl groups is 1. The zero-order valence-corrected chi connectivity index (χ0v) is 12.3. The van der Waals surface area contributed by atoms with Gasteiger partial charge >= 0.3 is 0 Å². The Morgan fingerprint density at radius 3 is 2.90 bits per heavy atom. The average molecular weight is 288 g/mol. The fourth-order valence-electron chi connectivity index (χ4n) is 2.61. The lowest BCUT2D eigenvalue weighted by atomic mass is 9.94. The first-order chi connectivity index (χ1) is 9.61. The van der Waals surface area contributed by atoms with Gasteiger partial charge in [0.1, 0.15) is 11.9 Å². The molecule has 20 heavy (non-hydrogen) atoms. The van der Waals surface area contributed by atoms with E-state index in [2.05, 4.69) is 0 Å². The Hall–Kier alpha value is -1.65. The summed E-state index contributed by atoms with van der Waals surface area (Å²) in [5.74, 6) is 0.903. The molecule has 1 aromatic heterocycles. The van der Waals surface area contributed by atoms with Crippen molar-refractivity contribution in [3.05, 3.63) is 50.7 Å². The van der Waals surface area contributed by atoms with Crippen LogP contribution < -0.4 is 4.74 Å². The van der Waals surface area contributed by atoms with Gasteiger partial charge in [-0.1, -0.05) is 6.07 Å². The average Bonchev–Trinajstić information content (AvgIpc) is 3.10. The summed E-state index contributed by atoms with van der Waals surface area (Å²) >= 11 is 1.46. The summed E-state index contributed by atoms with van der Waals surface area (Å²) in [5, 5.41) is 11.1. The normalized spacial score (nSPS) is 16.9. The molecule has 0 radical (unpaired) electrons. The second-order valence-corrected chi connectivity index (χ2v) is 6.04. The number of hydrogen-bond donors (Lipinski definition) is 1. The minimum absolute atomic E-state index is 0.00136. The first-order valence-corrected chi connectivity index (χ1v) is 7.48. The maximum Gasteiger partial charge on any atom is 0.203 e. The Kier molecular flexibility index (Phi) is 3.36. The molecule has 1 atom stereocenters. The third kappa shape index (κ3) is 2.05. The van der Waals surface area contributed by atoms with Crippen molar-refractivity contribution in [2.75, 3.05) is 6.61 Å². The van der Waals surface area contributed by atoms with E-state index in [-0.39, 0.29) is 18.5 Å². The first kappa shape index (κ1) is 13.3. The molecule has 0 aliphatic carbocycles. The molecule has 1 N–H and O–H groups in total. The van der Waals surface area contributed by atoms with Gasteiger partial charge in [0.25, 0.3) is 0 Å². The van der Waals surface area contributed by atoms with E-state index in [1.807, 2.05) is 37.4 Å². The lowest BCUT2D eigenvalue weighted by Gasteiger charge is -2.12. The van der Waals surface area contributed by atoms with Gasteiger partial charge in [0.2, 0.25) is 5.78 Å². The van der Waals surface area contributed by atoms with Crippen molar-refractivity contribution in [2.45, 2.75) is 26.4 Å². The number of rotatable bonds is 3. The summed E-state index contributed by atoms with van der Waals surface area (Å²) in [4.78, 5) is 13.3. The summed E-state index contributed by atoms with van der Waals surface area (Å²) in [5.41, 5.74) is 3.72. The van der Waals surface area contributed by atoms with Gasteiger partial charge in [-0.2, -0.15) is 0 Å². The number of carbonyl (C=O) groups is 1. The summed E-state index contributed by atoms with van der Waals surface area (Å²) in [6, 6.07) is 5.66. The van der Waals surface area contributed by atoms with Crippen LogP contribution in [0.25, 0.3) is 0 Å². The van der Waals surface area contributed by atoms with Crippen molar-refractivity contribution in [2.24, 2.45) is 0 Å². The lowest BCUT2D eigenvalue weighted by molar-refractivity contribution is 0.104. The molecule has 0 fully saturated rings. The molecule has 0 spiro atoms. The first-order valence-electron chi connectivity index (χ1n) is 6.60. The molecule has 0 saturated heterocycles. The molecule has 0 amide bonds. The van der Waals surface area contributed by atoms with Gasteiger partial charge in [-0.15, -0.1) is 11.3 Å². The van der Waals surface area contributed by atoms with Crippen molar-refractivity contribution in [1.82, 2.24) is 0 Å². The molecule has 3 nitrogen and oxygen atoms in total. The number of aliphatic hydroxyl groups excluding tert-OH is 1. The Balaban J connectivity index is 2.07. The number of benzene rings is 1. The highest BCUT2D eigenvalue weighted by Crippen LogP contribution is 2.36. The number of hydrogen-bond acceptors (Lipinski definition) is 4. The molecule has 3 rings (SSSR count). The van der Waals surface area contributed by atoms with Crippen LogP contribution in [0.2, 0.25) is 0 Å². The van der Waals surface area contributed by atoms with Crippen molar-refractivity contribution in [1.29, 1.82) is 0 Å². The molecule has 2 aromatic rings. The molecule has 1 unspecified atom stereocenters. The van der Waals surface area contributed by atoms with Crippen molar-refractivity contribution < 1.29 is 14.6 Å². The summed E-state index contributed by atoms with van der Waals surface area (Å²) in [7, 11) is 0. The molecular formula is C16H16O3S. The van der Waals surface area contributed by atoms with E-state index in [0.29, 0.717) is 6.42 Å². The molecule has 1 aliphatic rings. The van der Waals surface area contributed by atoms with Crippen LogP contribution in [-0.2, 0) is 6.42 Å². The number of carbonyl (C=O) groups excluding carboxylic acids is 1. The third-order valence-corrected chi connectivity index (χ3v) is 4.71. The van der Waals surface area contributed by atoms with E-state index in [0.717, 1.165) is 32.9 Å². The van der Waals surface area contributed by atoms with E-state index in [1.54, 1.807) is 0 Å². The molecular weight excluding hydrogens is 272 g/mol. The Morgan fingerprint density at radius 2 is 2.25 bits per heavy atom. The summed E-state index contributed by atoms with van der Waals surface area (Å²) in [6.45, 7) is 3.92. The smallest absolute Gasteiger partial charge is 0.203 e. The number of ketones is 1. The van der Waals surface area contributed by atoms with E-state index >= 15 is 0 Å². The second-order valence-electron chi connectivity index (χ2n) is 5.10.